The predicted octanol–water partition coefficient (Wildman–Crippen LogP) is 6.07. The number of halogens is 1. The highest BCUT2D eigenvalue weighted by atomic mass is 79.9. The Kier molecular flexibility index (Phi) is 8.72. The second kappa shape index (κ2) is 12.0. The third-order valence-corrected chi connectivity index (χ3v) is 8.79. The molecule has 1 N–H and O–H groups in total. The van der Waals surface area contributed by atoms with Crippen molar-refractivity contribution in [2.45, 2.75) is 39.0 Å². The van der Waals surface area contributed by atoms with Crippen LogP contribution in [0.1, 0.15) is 35.0 Å². The summed E-state index contributed by atoms with van der Waals surface area (Å²) in [7, 11) is -4.00. The quantitative estimate of drug-likeness (QED) is 0.185. The van der Waals surface area contributed by atoms with E-state index in [1.165, 1.54) is 0 Å². The SMILES string of the molecule is CCc1ccccc1N(CC(=O)N/N=C\c1cc(C)n(-c2ccc(Br)cc2)c1C)S(=O)(=O)c1ccc(C)cc1. The lowest BCUT2D eigenvalue weighted by atomic mass is 10.1. The Balaban J connectivity index is 1.57. The third kappa shape index (κ3) is 6.32. The molecule has 0 radical (unpaired) electrons. The summed E-state index contributed by atoms with van der Waals surface area (Å²) < 4.78 is 31.6. The van der Waals surface area contributed by atoms with Gasteiger partial charge < -0.3 is 4.57 Å². The average molecular weight is 608 g/mol. The summed E-state index contributed by atoms with van der Waals surface area (Å²) in [5.74, 6) is -0.547. The van der Waals surface area contributed by atoms with E-state index in [0.29, 0.717) is 12.1 Å². The summed E-state index contributed by atoms with van der Waals surface area (Å²) in [5, 5.41) is 4.15. The standard InChI is InChI=1S/C30H31BrN4O3S/c1-5-24-8-6-7-9-29(24)34(39(37,38)28-16-10-21(2)11-17-28)20-30(36)33-32-19-25-18-22(3)35(23(25)4)27-14-12-26(31)13-15-27/h6-19H,5,20H2,1-4H3,(H,33,36)/b32-19-. The molecule has 0 bridgehead atoms. The van der Waals surface area contributed by atoms with Gasteiger partial charge >= 0.3 is 0 Å². The smallest absolute Gasteiger partial charge is 0.264 e. The number of sulfonamides is 1. The van der Waals surface area contributed by atoms with Crippen molar-refractivity contribution in [1.29, 1.82) is 0 Å². The molecule has 7 nitrogen and oxygen atoms in total. The lowest BCUT2D eigenvalue weighted by Gasteiger charge is -2.25. The van der Waals surface area contributed by atoms with Crippen LogP contribution < -0.4 is 9.73 Å². The van der Waals surface area contributed by atoms with E-state index in [2.05, 4.69) is 31.0 Å². The minimum absolute atomic E-state index is 0.121. The van der Waals surface area contributed by atoms with Crippen molar-refractivity contribution in [2.75, 3.05) is 10.8 Å². The second-order valence-corrected chi connectivity index (χ2v) is 12.0. The first kappa shape index (κ1) is 28.3. The summed E-state index contributed by atoms with van der Waals surface area (Å²) in [6.07, 6.45) is 2.19. The Morgan fingerprint density at radius 3 is 2.33 bits per heavy atom. The number of rotatable bonds is 9. The van der Waals surface area contributed by atoms with Crippen LogP contribution >= 0.6 is 15.9 Å². The van der Waals surface area contributed by atoms with Crippen LogP contribution in [0.4, 0.5) is 5.69 Å². The van der Waals surface area contributed by atoms with Crippen molar-refractivity contribution in [1.82, 2.24) is 9.99 Å². The topological polar surface area (TPSA) is 83.8 Å². The summed E-state index contributed by atoms with van der Waals surface area (Å²) >= 11 is 3.46. The fourth-order valence-corrected chi connectivity index (χ4v) is 6.16. The molecule has 0 unspecified atom stereocenters. The molecule has 4 rings (SSSR count). The van der Waals surface area contributed by atoms with E-state index < -0.39 is 22.5 Å². The van der Waals surface area contributed by atoms with Crippen molar-refractivity contribution in [3.05, 3.63) is 111 Å². The van der Waals surface area contributed by atoms with Crippen LogP contribution in [0.5, 0.6) is 0 Å². The number of para-hydroxylation sites is 1. The van der Waals surface area contributed by atoms with Gasteiger partial charge in [-0.1, -0.05) is 58.7 Å². The molecular formula is C30H31BrN4O3S. The van der Waals surface area contributed by atoms with E-state index in [1.807, 2.05) is 70.2 Å². The Hall–Kier alpha value is -3.69. The number of nitrogens with one attached hydrogen (secondary N) is 1. The van der Waals surface area contributed by atoms with Gasteiger partial charge in [0.1, 0.15) is 6.54 Å². The Morgan fingerprint density at radius 2 is 1.67 bits per heavy atom. The van der Waals surface area contributed by atoms with Crippen LogP contribution in [0.3, 0.4) is 0 Å². The van der Waals surface area contributed by atoms with Crippen LogP contribution in [0.15, 0.2) is 93.3 Å². The zero-order valence-electron chi connectivity index (χ0n) is 22.3. The molecule has 1 aromatic heterocycles. The van der Waals surface area contributed by atoms with E-state index in [4.69, 9.17) is 0 Å². The van der Waals surface area contributed by atoms with E-state index in [-0.39, 0.29) is 4.90 Å². The molecule has 39 heavy (non-hydrogen) atoms. The normalized spacial score (nSPS) is 11.6. The van der Waals surface area contributed by atoms with Gasteiger partial charge in [-0.15, -0.1) is 0 Å². The summed E-state index contributed by atoms with van der Waals surface area (Å²) in [4.78, 5) is 13.1. The molecule has 3 aromatic carbocycles. The lowest BCUT2D eigenvalue weighted by Crippen LogP contribution is -2.40. The van der Waals surface area contributed by atoms with Crippen molar-refractivity contribution >= 4 is 43.8 Å². The van der Waals surface area contributed by atoms with E-state index in [9.17, 15) is 13.2 Å². The van der Waals surface area contributed by atoms with Crippen molar-refractivity contribution in [3.8, 4) is 5.69 Å². The number of hydrogen-bond donors (Lipinski definition) is 1. The van der Waals surface area contributed by atoms with Crippen LogP contribution in [0.25, 0.3) is 5.69 Å². The van der Waals surface area contributed by atoms with Crippen molar-refractivity contribution in [3.63, 3.8) is 0 Å². The Labute approximate surface area is 238 Å². The monoisotopic (exact) mass is 606 g/mol. The number of carbonyl (C=O) groups excluding carboxylic acids is 1. The molecule has 0 atom stereocenters. The summed E-state index contributed by atoms with van der Waals surface area (Å²) in [5.41, 5.74) is 8.60. The number of benzene rings is 3. The van der Waals surface area contributed by atoms with Gasteiger partial charge in [-0.3, -0.25) is 9.10 Å². The molecule has 1 heterocycles. The van der Waals surface area contributed by atoms with Crippen LogP contribution in [0.2, 0.25) is 0 Å². The molecule has 4 aromatic rings. The number of nitrogens with zero attached hydrogens (tertiary/aromatic N) is 3. The lowest BCUT2D eigenvalue weighted by molar-refractivity contribution is -0.119. The van der Waals surface area contributed by atoms with Gasteiger partial charge in [0.15, 0.2) is 0 Å². The highest BCUT2D eigenvalue weighted by Crippen LogP contribution is 2.28. The molecule has 0 saturated carbocycles. The number of hydrazone groups is 1. The third-order valence-electron chi connectivity index (χ3n) is 6.49. The maximum Gasteiger partial charge on any atom is 0.264 e. The van der Waals surface area contributed by atoms with Crippen LogP contribution in [-0.2, 0) is 21.2 Å². The summed E-state index contributed by atoms with van der Waals surface area (Å²) in [6.45, 7) is 7.41. The first-order chi connectivity index (χ1) is 18.6. The Bertz CT molecular complexity index is 1610. The highest BCUT2D eigenvalue weighted by Gasteiger charge is 2.28. The number of anilines is 1. The maximum atomic E-state index is 13.7. The average Bonchev–Trinajstić information content (AvgIpc) is 3.20. The number of aryl methyl sites for hydroxylation is 3. The summed E-state index contributed by atoms with van der Waals surface area (Å²) in [6, 6.07) is 23.8. The minimum atomic E-state index is -4.00. The fraction of sp³-hybridized carbons (Fsp3) is 0.200. The molecule has 0 spiro atoms. The molecular weight excluding hydrogens is 576 g/mol. The van der Waals surface area contributed by atoms with Crippen LogP contribution in [-0.4, -0.2) is 31.7 Å². The van der Waals surface area contributed by atoms with Crippen molar-refractivity contribution < 1.29 is 13.2 Å². The highest BCUT2D eigenvalue weighted by molar-refractivity contribution is 9.10. The number of hydrogen-bond acceptors (Lipinski definition) is 4. The van der Waals surface area contributed by atoms with Crippen LogP contribution in [0, 0.1) is 20.8 Å². The number of carbonyl (C=O) groups is 1. The van der Waals surface area contributed by atoms with E-state index in [1.54, 1.807) is 42.6 Å². The zero-order chi connectivity index (χ0) is 28.2. The molecule has 202 valence electrons. The molecule has 0 saturated heterocycles. The van der Waals surface area contributed by atoms with Gasteiger partial charge in [0.2, 0.25) is 0 Å². The molecule has 0 aliphatic heterocycles. The number of aromatic nitrogens is 1. The molecule has 0 aliphatic carbocycles. The molecule has 1 amide bonds. The number of amides is 1. The van der Waals surface area contributed by atoms with Gasteiger partial charge in [0.05, 0.1) is 16.8 Å². The molecule has 0 fully saturated rings. The van der Waals surface area contributed by atoms with Gasteiger partial charge in [0.25, 0.3) is 15.9 Å². The van der Waals surface area contributed by atoms with Gasteiger partial charge in [-0.05, 0) is 81.3 Å². The maximum absolute atomic E-state index is 13.7. The van der Waals surface area contributed by atoms with E-state index >= 15 is 0 Å². The van der Waals surface area contributed by atoms with Gasteiger partial charge in [-0.25, -0.2) is 13.8 Å². The zero-order valence-corrected chi connectivity index (χ0v) is 24.8. The van der Waals surface area contributed by atoms with Crippen molar-refractivity contribution in [2.24, 2.45) is 5.10 Å². The van der Waals surface area contributed by atoms with E-state index in [0.717, 1.165) is 42.5 Å². The second-order valence-electron chi connectivity index (χ2n) is 9.24. The predicted molar refractivity (Wildman–Crippen MR) is 160 cm³/mol. The Morgan fingerprint density at radius 1 is 1.00 bits per heavy atom. The first-order valence-electron chi connectivity index (χ1n) is 12.6. The minimum Gasteiger partial charge on any atom is -0.318 e. The fourth-order valence-electron chi connectivity index (χ4n) is 4.44. The van der Waals surface area contributed by atoms with Gasteiger partial charge in [0, 0.05) is 27.1 Å². The largest absolute Gasteiger partial charge is 0.318 e. The molecule has 0 aliphatic rings. The first-order valence-corrected chi connectivity index (χ1v) is 14.8. The molecule has 9 heteroatoms. The van der Waals surface area contributed by atoms with Gasteiger partial charge in [-0.2, -0.15) is 5.10 Å².